The molecule has 1 aliphatic carbocycles. The van der Waals surface area contributed by atoms with E-state index >= 15 is 0 Å². The molecule has 2 aliphatic heterocycles. The quantitative estimate of drug-likeness (QED) is 0.536. The highest BCUT2D eigenvalue weighted by Gasteiger charge is 2.39. The number of halogens is 2. The van der Waals surface area contributed by atoms with E-state index in [0.717, 1.165) is 44.5 Å². The molecule has 3 aliphatic rings. The van der Waals surface area contributed by atoms with Gasteiger partial charge in [-0.1, -0.05) is 19.1 Å². The van der Waals surface area contributed by atoms with Crippen LogP contribution in [0, 0.1) is 5.92 Å². The molecule has 11 heteroatoms. The van der Waals surface area contributed by atoms with Crippen LogP contribution in [0.15, 0.2) is 24.7 Å². The molecule has 3 aromatic rings. The fraction of sp³-hybridized carbons (Fsp3) is 0.565. The van der Waals surface area contributed by atoms with Crippen molar-refractivity contribution >= 4 is 34.4 Å². The predicted molar refractivity (Wildman–Crippen MR) is 128 cm³/mol. The van der Waals surface area contributed by atoms with Gasteiger partial charge in [-0.15, -0.1) is 0 Å². The zero-order chi connectivity index (χ0) is 23.4. The Balaban J connectivity index is 1.26. The largest absolute Gasteiger partial charge is 0.374 e. The Kier molecular flexibility index (Phi) is 5.48. The number of morpholine rings is 1. The van der Waals surface area contributed by atoms with Gasteiger partial charge in [0.15, 0.2) is 11.3 Å². The zero-order valence-electron chi connectivity index (χ0n) is 18.9. The summed E-state index contributed by atoms with van der Waals surface area (Å²) in [6.45, 7) is 3.76. The fourth-order valence-corrected chi connectivity index (χ4v) is 5.66. The Morgan fingerprint density at radius 3 is 2.76 bits per heavy atom. The molecule has 3 aromatic heterocycles. The molecular weight excluding hydrogens is 460 g/mol. The minimum absolute atomic E-state index is 0.138. The topological polar surface area (TPSA) is 72.5 Å². The van der Waals surface area contributed by atoms with Gasteiger partial charge in [0, 0.05) is 18.9 Å². The van der Waals surface area contributed by atoms with Gasteiger partial charge in [-0.3, -0.25) is 4.68 Å². The normalized spacial score (nSPS) is 26.6. The van der Waals surface area contributed by atoms with E-state index in [9.17, 15) is 8.78 Å². The SMILES string of the molecule is C[C@H]1CC[C@H](n2cc(NC(=S)c3cnn4ccc(N5C[C@@H]6C[C@H]5CO6)nc34)c(C(F)F)n2)CC1. The van der Waals surface area contributed by atoms with Crippen molar-refractivity contribution in [2.24, 2.45) is 5.92 Å². The number of fused-ring (bicyclic) bond motifs is 3. The average Bonchev–Trinajstić information content (AvgIpc) is 3.61. The van der Waals surface area contributed by atoms with Crippen LogP contribution in [0.5, 0.6) is 0 Å². The monoisotopic (exact) mass is 487 g/mol. The molecule has 3 fully saturated rings. The molecule has 5 heterocycles. The Hall–Kier alpha value is -2.66. The second kappa shape index (κ2) is 8.53. The van der Waals surface area contributed by atoms with Crippen molar-refractivity contribution in [1.29, 1.82) is 0 Å². The number of thiocarbonyl (C=S) groups is 1. The first-order chi connectivity index (χ1) is 16.5. The van der Waals surface area contributed by atoms with Crippen LogP contribution < -0.4 is 10.2 Å². The lowest BCUT2D eigenvalue weighted by molar-refractivity contribution is 0.0989. The second-order valence-corrected chi connectivity index (χ2v) is 10.1. The van der Waals surface area contributed by atoms with Gasteiger partial charge in [-0.05, 0) is 44.1 Å². The highest BCUT2D eigenvalue weighted by atomic mass is 32.1. The lowest BCUT2D eigenvalue weighted by Crippen LogP contribution is -2.37. The van der Waals surface area contributed by atoms with Crippen molar-refractivity contribution in [2.75, 3.05) is 23.4 Å². The molecule has 6 rings (SSSR count). The number of ether oxygens (including phenoxy) is 1. The van der Waals surface area contributed by atoms with Crippen molar-refractivity contribution in [3.05, 3.63) is 35.9 Å². The Morgan fingerprint density at radius 1 is 1.24 bits per heavy atom. The van der Waals surface area contributed by atoms with Crippen molar-refractivity contribution in [2.45, 2.75) is 63.6 Å². The number of alkyl halides is 2. The molecule has 1 N–H and O–H groups in total. The van der Waals surface area contributed by atoms with Gasteiger partial charge in [0.2, 0.25) is 0 Å². The molecule has 8 nitrogen and oxygen atoms in total. The van der Waals surface area contributed by atoms with E-state index in [-0.39, 0.29) is 23.5 Å². The van der Waals surface area contributed by atoms with E-state index in [1.807, 2.05) is 12.3 Å². The number of anilines is 2. The van der Waals surface area contributed by atoms with Crippen molar-refractivity contribution in [1.82, 2.24) is 24.4 Å². The van der Waals surface area contributed by atoms with Gasteiger partial charge in [0.1, 0.15) is 10.8 Å². The van der Waals surface area contributed by atoms with Gasteiger partial charge < -0.3 is 15.0 Å². The van der Waals surface area contributed by atoms with Gasteiger partial charge in [0.25, 0.3) is 6.43 Å². The van der Waals surface area contributed by atoms with E-state index in [0.29, 0.717) is 34.8 Å². The van der Waals surface area contributed by atoms with E-state index in [1.165, 1.54) is 0 Å². The molecule has 0 radical (unpaired) electrons. The van der Waals surface area contributed by atoms with Crippen LogP contribution >= 0.6 is 12.2 Å². The first-order valence-corrected chi connectivity index (χ1v) is 12.3. The summed E-state index contributed by atoms with van der Waals surface area (Å²) in [6, 6.07) is 2.41. The molecule has 0 aromatic carbocycles. The molecule has 34 heavy (non-hydrogen) atoms. The summed E-state index contributed by atoms with van der Waals surface area (Å²) in [4.78, 5) is 7.37. The molecule has 0 amide bonds. The Bertz CT molecular complexity index is 1220. The summed E-state index contributed by atoms with van der Waals surface area (Å²) >= 11 is 5.62. The fourth-order valence-electron chi connectivity index (χ4n) is 5.41. The van der Waals surface area contributed by atoms with Crippen LogP contribution in [0.25, 0.3) is 5.65 Å². The number of aromatic nitrogens is 5. The highest BCUT2D eigenvalue weighted by molar-refractivity contribution is 7.81. The summed E-state index contributed by atoms with van der Waals surface area (Å²) in [7, 11) is 0. The molecule has 2 saturated heterocycles. The number of hydrogen-bond acceptors (Lipinski definition) is 6. The summed E-state index contributed by atoms with van der Waals surface area (Å²) < 4.78 is 36.7. The predicted octanol–water partition coefficient (Wildman–Crippen LogP) is 4.38. The molecule has 0 spiro atoms. The molecule has 0 unspecified atom stereocenters. The maximum atomic E-state index is 13.8. The zero-order valence-corrected chi connectivity index (χ0v) is 19.7. The van der Waals surface area contributed by atoms with Crippen molar-refractivity contribution in [3.63, 3.8) is 0 Å². The van der Waals surface area contributed by atoms with E-state index < -0.39 is 6.43 Å². The van der Waals surface area contributed by atoms with Crippen LogP contribution in [-0.4, -0.2) is 54.7 Å². The van der Waals surface area contributed by atoms with Crippen LogP contribution in [0.1, 0.15) is 62.8 Å². The lowest BCUT2D eigenvalue weighted by Gasteiger charge is -2.27. The highest BCUT2D eigenvalue weighted by Crippen LogP contribution is 2.35. The van der Waals surface area contributed by atoms with Crippen LogP contribution in [-0.2, 0) is 4.74 Å². The molecular formula is C23H27F2N7OS. The van der Waals surface area contributed by atoms with Crippen LogP contribution in [0.2, 0.25) is 0 Å². The van der Waals surface area contributed by atoms with Gasteiger partial charge in [0.05, 0.1) is 42.2 Å². The van der Waals surface area contributed by atoms with Crippen LogP contribution in [0.3, 0.4) is 0 Å². The van der Waals surface area contributed by atoms with Crippen molar-refractivity contribution in [3.8, 4) is 0 Å². The number of hydrogen-bond donors (Lipinski definition) is 1. The molecule has 180 valence electrons. The first-order valence-electron chi connectivity index (χ1n) is 11.9. The maximum absolute atomic E-state index is 13.8. The van der Waals surface area contributed by atoms with E-state index in [2.05, 4.69) is 27.3 Å². The summed E-state index contributed by atoms with van der Waals surface area (Å²) in [5, 5.41) is 11.6. The average molecular weight is 488 g/mol. The number of nitrogens with zero attached hydrogens (tertiary/aromatic N) is 6. The van der Waals surface area contributed by atoms with E-state index in [4.69, 9.17) is 21.9 Å². The second-order valence-electron chi connectivity index (χ2n) is 9.69. The third-order valence-electron chi connectivity index (χ3n) is 7.37. The van der Waals surface area contributed by atoms with Gasteiger partial charge in [-0.25, -0.2) is 18.3 Å². The number of rotatable bonds is 5. The Morgan fingerprint density at radius 2 is 2.06 bits per heavy atom. The molecule has 2 atom stereocenters. The first kappa shape index (κ1) is 21.8. The smallest absolute Gasteiger partial charge is 0.284 e. The van der Waals surface area contributed by atoms with E-state index in [1.54, 1.807) is 21.6 Å². The number of nitrogens with one attached hydrogen (secondary N) is 1. The van der Waals surface area contributed by atoms with Gasteiger partial charge >= 0.3 is 0 Å². The van der Waals surface area contributed by atoms with Crippen LogP contribution in [0.4, 0.5) is 20.3 Å². The molecule has 2 bridgehead atoms. The third kappa shape index (κ3) is 3.84. The summed E-state index contributed by atoms with van der Waals surface area (Å²) in [6.07, 6.45) is 7.76. The van der Waals surface area contributed by atoms with Gasteiger partial charge in [-0.2, -0.15) is 10.2 Å². The Labute approximate surface area is 201 Å². The molecule has 1 saturated carbocycles. The minimum Gasteiger partial charge on any atom is -0.374 e. The summed E-state index contributed by atoms with van der Waals surface area (Å²) in [5.74, 6) is 1.52. The lowest BCUT2D eigenvalue weighted by atomic mass is 9.87. The van der Waals surface area contributed by atoms with Crippen molar-refractivity contribution < 1.29 is 13.5 Å². The summed E-state index contributed by atoms with van der Waals surface area (Å²) in [5.41, 5.74) is 1.14. The minimum atomic E-state index is -2.70. The standard InChI is InChI=1S/C23H27F2N7OS/c1-13-2-4-14(5-3-13)32-11-18(20(29-32)21(24)25)27-23(34)17-9-26-31-7-6-19(28-22(17)31)30-10-16-8-15(30)12-33-16/h6-7,9,11,13-16,21H,2-5,8,10,12H2,1H3,(H,27,34)/t13-,14-,15-,16-/m0/s1. The third-order valence-corrected chi connectivity index (χ3v) is 7.69. The maximum Gasteiger partial charge on any atom is 0.284 e.